The highest BCUT2D eigenvalue weighted by Crippen LogP contribution is 2.39. The second kappa shape index (κ2) is 8.43. The van der Waals surface area contributed by atoms with Crippen LogP contribution in [0, 0.1) is 5.92 Å². The maximum atomic E-state index is 12.1. The number of sulfonamides is 1. The fraction of sp³-hybridized carbons (Fsp3) is 0.550. The lowest BCUT2D eigenvalue weighted by atomic mass is 9.81. The van der Waals surface area contributed by atoms with Gasteiger partial charge in [0.15, 0.2) is 5.79 Å². The molecule has 0 bridgehead atoms. The maximum Gasteiger partial charge on any atom is 0.211 e. The smallest absolute Gasteiger partial charge is 0.211 e. The predicted octanol–water partition coefficient (Wildman–Crippen LogP) is 2.10. The Balaban J connectivity index is 1.43. The summed E-state index contributed by atoms with van der Waals surface area (Å²) in [5.74, 6) is 0.135. The fourth-order valence-corrected chi connectivity index (χ4v) is 4.92. The van der Waals surface area contributed by atoms with E-state index in [1.54, 1.807) is 17.8 Å². The van der Waals surface area contributed by atoms with E-state index in [4.69, 9.17) is 14.2 Å². The van der Waals surface area contributed by atoms with E-state index in [-0.39, 0.29) is 17.7 Å². The van der Waals surface area contributed by atoms with Crippen molar-refractivity contribution in [2.75, 3.05) is 25.6 Å². The van der Waals surface area contributed by atoms with Gasteiger partial charge in [0.25, 0.3) is 0 Å². The fourth-order valence-electron chi connectivity index (χ4n) is 3.98. The third kappa shape index (κ3) is 4.80. The molecule has 2 heterocycles. The molecular weight excluding hydrogens is 394 g/mol. The monoisotopic (exact) mass is 421 g/mol. The van der Waals surface area contributed by atoms with Crippen LogP contribution in [-0.2, 0) is 19.5 Å². The molecule has 2 atom stereocenters. The van der Waals surface area contributed by atoms with Gasteiger partial charge < -0.3 is 14.2 Å². The van der Waals surface area contributed by atoms with Gasteiger partial charge in [-0.25, -0.2) is 17.8 Å². The van der Waals surface area contributed by atoms with Crippen molar-refractivity contribution in [2.45, 2.75) is 38.0 Å². The van der Waals surface area contributed by atoms with Gasteiger partial charge in [0.05, 0.1) is 31.3 Å². The van der Waals surface area contributed by atoms with E-state index in [0.717, 1.165) is 11.4 Å². The minimum atomic E-state index is -3.30. The van der Waals surface area contributed by atoms with Gasteiger partial charge in [-0.1, -0.05) is 0 Å². The lowest BCUT2D eigenvalue weighted by molar-refractivity contribution is -0.192. The molecule has 4 rings (SSSR count). The van der Waals surface area contributed by atoms with Crippen molar-refractivity contribution in [3.05, 3.63) is 42.7 Å². The van der Waals surface area contributed by atoms with Gasteiger partial charge in [0, 0.05) is 37.2 Å². The molecule has 8 nitrogen and oxygen atoms in total. The van der Waals surface area contributed by atoms with Crippen LogP contribution in [0.25, 0.3) is 5.69 Å². The van der Waals surface area contributed by atoms with E-state index in [2.05, 4.69) is 9.82 Å². The molecule has 2 aliphatic rings. The number of benzene rings is 1. The number of hydrogen-bond donors (Lipinski definition) is 1. The summed E-state index contributed by atoms with van der Waals surface area (Å²) >= 11 is 0. The lowest BCUT2D eigenvalue weighted by Gasteiger charge is -2.41. The summed E-state index contributed by atoms with van der Waals surface area (Å²) in [5.41, 5.74) is 0.945. The van der Waals surface area contributed by atoms with Crippen molar-refractivity contribution in [3.63, 3.8) is 0 Å². The molecule has 1 aliphatic carbocycles. The molecule has 158 valence electrons. The van der Waals surface area contributed by atoms with E-state index >= 15 is 0 Å². The summed E-state index contributed by atoms with van der Waals surface area (Å²) in [7, 11) is -3.30. The Hall–Kier alpha value is -1.94. The third-order valence-corrected chi connectivity index (χ3v) is 6.99. The molecule has 9 heteroatoms. The topological polar surface area (TPSA) is 91.7 Å². The zero-order valence-electron chi connectivity index (χ0n) is 16.5. The molecule has 1 aromatic carbocycles. The van der Waals surface area contributed by atoms with E-state index in [1.807, 2.05) is 36.5 Å². The lowest BCUT2D eigenvalue weighted by Crippen LogP contribution is -2.51. The van der Waals surface area contributed by atoms with Gasteiger partial charge in [-0.2, -0.15) is 5.10 Å². The highest BCUT2D eigenvalue weighted by Gasteiger charge is 2.46. The molecule has 2 fully saturated rings. The van der Waals surface area contributed by atoms with Gasteiger partial charge in [0.2, 0.25) is 10.0 Å². The standard InChI is InChI=1S/C20H27N3O5S/c1-2-29(24,25)22-19-8-9-20(27-12-13-28-20)14-16(19)15-26-18-6-4-17(5-7-18)23-11-3-10-21-23/h3-7,10-11,16,19,22H,2,8-9,12-15H2,1H3/t16-,19?/m1/s1. The summed E-state index contributed by atoms with van der Waals surface area (Å²) in [4.78, 5) is 0. The Labute approximate surface area is 171 Å². The largest absolute Gasteiger partial charge is 0.493 e. The number of nitrogens with one attached hydrogen (secondary N) is 1. The molecule has 1 aromatic heterocycles. The molecule has 1 saturated carbocycles. The van der Waals surface area contributed by atoms with Crippen molar-refractivity contribution >= 4 is 10.0 Å². The molecule has 1 unspecified atom stereocenters. The average Bonchev–Trinajstić information content (AvgIpc) is 3.41. The van der Waals surface area contributed by atoms with E-state index in [1.165, 1.54) is 0 Å². The first kappa shape index (κ1) is 20.3. The van der Waals surface area contributed by atoms with Crippen LogP contribution in [0.3, 0.4) is 0 Å². The Kier molecular flexibility index (Phi) is 5.91. The Bertz CT molecular complexity index is 893. The van der Waals surface area contributed by atoms with Crippen LogP contribution in [0.15, 0.2) is 42.7 Å². The first-order valence-corrected chi connectivity index (χ1v) is 11.6. The summed E-state index contributed by atoms with van der Waals surface area (Å²) < 4.78 is 46.6. The second-order valence-corrected chi connectivity index (χ2v) is 9.54. The molecule has 1 spiro atoms. The van der Waals surface area contributed by atoms with Gasteiger partial charge in [-0.15, -0.1) is 0 Å². The first-order chi connectivity index (χ1) is 14.0. The third-order valence-electron chi connectivity index (χ3n) is 5.57. The minimum Gasteiger partial charge on any atom is -0.493 e. The van der Waals surface area contributed by atoms with Gasteiger partial charge in [-0.3, -0.25) is 0 Å². The number of rotatable bonds is 7. The van der Waals surface area contributed by atoms with E-state index < -0.39 is 15.8 Å². The molecular formula is C20H27N3O5S. The van der Waals surface area contributed by atoms with Crippen molar-refractivity contribution in [3.8, 4) is 11.4 Å². The minimum absolute atomic E-state index is 0.0473. The van der Waals surface area contributed by atoms with Crippen molar-refractivity contribution in [1.29, 1.82) is 0 Å². The molecule has 0 radical (unpaired) electrons. The Morgan fingerprint density at radius 1 is 1.28 bits per heavy atom. The zero-order chi connectivity index (χ0) is 20.3. The number of nitrogens with zero attached hydrogens (tertiary/aromatic N) is 2. The van der Waals surface area contributed by atoms with Gasteiger partial charge in [-0.05, 0) is 43.7 Å². The predicted molar refractivity (Wildman–Crippen MR) is 107 cm³/mol. The SMILES string of the molecule is CCS(=O)(=O)NC1CCC2(C[C@@H]1COc1ccc(-n3cccn3)cc1)OCCO2. The average molecular weight is 422 g/mol. The van der Waals surface area contributed by atoms with Gasteiger partial charge in [0.1, 0.15) is 5.75 Å². The molecule has 1 saturated heterocycles. The van der Waals surface area contributed by atoms with Crippen molar-refractivity contribution in [1.82, 2.24) is 14.5 Å². The highest BCUT2D eigenvalue weighted by molar-refractivity contribution is 7.89. The molecule has 1 aliphatic heterocycles. The van der Waals surface area contributed by atoms with Crippen LogP contribution in [0.1, 0.15) is 26.2 Å². The van der Waals surface area contributed by atoms with Crippen LogP contribution in [-0.4, -0.2) is 55.6 Å². The van der Waals surface area contributed by atoms with Crippen molar-refractivity contribution in [2.24, 2.45) is 5.92 Å². The van der Waals surface area contributed by atoms with Gasteiger partial charge >= 0.3 is 0 Å². The maximum absolute atomic E-state index is 12.1. The quantitative estimate of drug-likeness (QED) is 0.736. The Morgan fingerprint density at radius 2 is 2.03 bits per heavy atom. The molecule has 2 aromatic rings. The number of hydrogen-bond acceptors (Lipinski definition) is 6. The number of ether oxygens (including phenoxy) is 3. The zero-order valence-corrected chi connectivity index (χ0v) is 17.3. The summed E-state index contributed by atoms with van der Waals surface area (Å²) in [5, 5.41) is 4.21. The van der Waals surface area contributed by atoms with Crippen LogP contribution < -0.4 is 9.46 Å². The van der Waals surface area contributed by atoms with Crippen LogP contribution in [0.2, 0.25) is 0 Å². The van der Waals surface area contributed by atoms with Crippen LogP contribution in [0.4, 0.5) is 0 Å². The summed E-state index contributed by atoms with van der Waals surface area (Å²) in [6.45, 7) is 3.18. The van der Waals surface area contributed by atoms with Crippen LogP contribution >= 0.6 is 0 Å². The Morgan fingerprint density at radius 3 is 2.69 bits per heavy atom. The second-order valence-electron chi connectivity index (χ2n) is 7.49. The molecule has 1 N–H and O–H groups in total. The normalized spacial score (nSPS) is 24.0. The number of aromatic nitrogens is 2. The summed E-state index contributed by atoms with van der Waals surface area (Å²) in [6.07, 6.45) is 5.55. The van der Waals surface area contributed by atoms with E-state index in [0.29, 0.717) is 39.1 Å². The molecule has 0 amide bonds. The van der Waals surface area contributed by atoms with Crippen molar-refractivity contribution < 1.29 is 22.6 Å². The van der Waals surface area contributed by atoms with E-state index in [9.17, 15) is 8.42 Å². The molecule has 29 heavy (non-hydrogen) atoms. The highest BCUT2D eigenvalue weighted by atomic mass is 32.2. The van der Waals surface area contributed by atoms with Crippen LogP contribution in [0.5, 0.6) is 5.75 Å². The first-order valence-electron chi connectivity index (χ1n) is 9.99. The summed E-state index contributed by atoms with van der Waals surface area (Å²) in [6, 6.07) is 9.33.